The van der Waals surface area contributed by atoms with E-state index in [1.54, 1.807) is 6.92 Å². The fraction of sp³-hybridized carbons (Fsp3) is 0.476. The van der Waals surface area contributed by atoms with Gasteiger partial charge in [0.15, 0.2) is 6.10 Å². The van der Waals surface area contributed by atoms with E-state index >= 15 is 0 Å². The lowest BCUT2D eigenvalue weighted by Gasteiger charge is -2.29. The van der Waals surface area contributed by atoms with Crippen molar-refractivity contribution in [1.82, 2.24) is 10.2 Å². The molecule has 0 radical (unpaired) electrons. The minimum atomic E-state index is -0.487. The highest BCUT2D eigenvalue weighted by Gasteiger charge is 2.18. The van der Waals surface area contributed by atoms with Crippen molar-refractivity contribution in [2.75, 3.05) is 26.7 Å². The van der Waals surface area contributed by atoms with Crippen LogP contribution >= 0.6 is 0 Å². The average molecular weight is 340 g/mol. The number of hydrogen-bond acceptors (Lipinski definition) is 3. The zero-order valence-electron chi connectivity index (χ0n) is 15.2. The maximum absolute atomic E-state index is 12.3. The number of rotatable bonds is 6. The first-order chi connectivity index (χ1) is 12.1. The van der Waals surface area contributed by atoms with E-state index in [-0.39, 0.29) is 5.91 Å². The number of nitrogens with one attached hydrogen (secondary N) is 1. The molecule has 0 spiro atoms. The number of amides is 1. The van der Waals surface area contributed by atoms with Crippen molar-refractivity contribution < 1.29 is 9.53 Å². The van der Waals surface area contributed by atoms with Crippen LogP contribution in [-0.2, 0) is 4.79 Å². The van der Waals surface area contributed by atoms with E-state index in [2.05, 4.69) is 29.4 Å². The zero-order valence-corrected chi connectivity index (χ0v) is 15.2. The van der Waals surface area contributed by atoms with Crippen LogP contribution in [0, 0.1) is 5.92 Å². The van der Waals surface area contributed by atoms with Crippen molar-refractivity contribution in [3.63, 3.8) is 0 Å². The summed E-state index contributed by atoms with van der Waals surface area (Å²) in [6.45, 7) is 4.87. The van der Waals surface area contributed by atoms with Gasteiger partial charge in [-0.05, 0) is 75.1 Å². The first-order valence-corrected chi connectivity index (χ1v) is 9.23. The Balaban J connectivity index is 1.45. The summed E-state index contributed by atoms with van der Waals surface area (Å²) in [5.41, 5.74) is 0. The van der Waals surface area contributed by atoms with Gasteiger partial charge in [0.1, 0.15) is 5.75 Å². The second-order valence-electron chi connectivity index (χ2n) is 7.10. The number of hydrogen-bond donors (Lipinski definition) is 1. The third kappa shape index (κ3) is 4.95. The highest BCUT2D eigenvalue weighted by atomic mass is 16.5. The molecule has 25 heavy (non-hydrogen) atoms. The molecule has 1 N–H and O–H groups in total. The number of nitrogens with zero attached hydrogens (tertiary/aromatic N) is 1. The van der Waals surface area contributed by atoms with Gasteiger partial charge in [0.25, 0.3) is 5.91 Å². The summed E-state index contributed by atoms with van der Waals surface area (Å²) in [5.74, 6) is 1.42. The van der Waals surface area contributed by atoms with Crippen LogP contribution in [-0.4, -0.2) is 43.6 Å². The van der Waals surface area contributed by atoms with Crippen molar-refractivity contribution in [2.24, 2.45) is 5.92 Å². The number of likely N-dealkylation sites (tertiary alicyclic amines) is 1. The standard InChI is InChI=1S/C21H28N2O2/c1-16(21(24)22-12-9-17-10-13-23(2)14-11-17)25-20-8-7-18-5-3-4-6-19(18)15-20/h3-8,15-17H,9-14H2,1-2H3,(H,22,24)/t16-/m0/s1. The minimum absolute atomic E-state index is 0.0407. The van der Waals surface area contributed by atoms with Crippen molar-refractivity contribution in [3.8, 4) is 5.75 Å². The largest absolute Gasteiger partial charge is 0.481 e. The van der Waals surface area contributed by atoms with Crippen LogP contribution in [0.15, 0.2) is 42.5 Å². The number of ether oxygens (including phenoxy) is 1. The fourth-order valence-corrected chi connectivity index (χ4v) is 3.39. The Hall–Kier alpha value is -2.07. The first-order valence-electron chi connectivity index (χ1n) is 9.23. The molecule has 0 aliphatic carbocycles. The maximum Gasteiger partial charge on any atom is 0.260 e. The van der Waals surface area contributed by atoms with Gasteiger partial charge >= 0.3 is 0 Å². The van der Waals surface area contributed by atoms with Gasteiger partial charge in [-0.25, -0.2) is 0 Å². The molecule has 1 atom stereocenters. The lowest BCUT2D eigenvalue weighted by Crippen LogP contribution is -2.38. The molecule has 1 saturated heterocycles. The fourth-order valence-electron chi connectivity index (χ4n) is 3.39. The molecule has 0 unspecified atom stereocenters. The van der Waals surface area contributed by atoms with Crippen LogP contribution in [0.4, 0.5) is 0 Å². The highest BCUT2D eigenvalue weighted by molar-refractivity contribution is 5.84. The van der Waals surface area contributed by atoms with Gasteiger partial charge in [0.05, 0.1) is 0 Å². The third-order valence-corrected chi connectivity index (χ3v) is 5.09. The molecular formula is C21H28N2O2. The molecule has 2 aromatic carbocycles. The first kappa shape index (κ1) is 17.7. The molecule has 0 saturated carbocycles. The van der Waals surface area contributed by atoms with Gasteiger partial charge in [-0.1, -0.05) is 30.3 Å². The molecule has 134 valence electrons. The normalized spacial score (nSPS) is 17.4. The van der Waals surface area contributed by atoms with Gasteiger partial charge in [0, 0.05) is 6.54 Å². The van der Waals surface area contributed by atoms with Crippen LogP contribution in [0.1, 0.15) is 26.2 Å². The molecule has 1 aliphatic heterocycles. The van der Waals surface area contributed by atoms with Crippen LogP contribution in [0.3, 0.4) is 0 Å². The summed E-state index contributed by atoms with van der Waals surface area (Å²) < 4.78 is 5.82. The summed E-state index contributed by atoms with van der Waals surface area (Å²) in [4.78, 5) is 14.6. The lowest BCUT2D eigenvalue weighted by atomic mass is 9.94. The Morgan fingerprint density at radius 3 is 2.68 bits per heavy atom. The molecule has 4 heteroatoms. The Kier molecular flexibility index (Phi) is 5.92. The Bertz CT molecular complexity index is 708. The number of carbonyl (C=O) groups excluding carboxylic acids is 1. The maximum atomic E-state index is 12.3. The summed E-state index contributed by atoms with van der Waals surface area (Å²) in [6, 6.07) is 14.1. The van der Waals surface area contributed by atoms with Crippen molar-refractivity contribution in [3.05, 3.63) is 42.5 Å². The van der Waals surface area contributed by atoms with Crippen LogP contribution < -0.4 is 10.1 Å². The molecule has 0 bridgehead atoms. The van der Waals surface area contributed by atoms with Crippen molar-refractivity contribution in [2.45, 2.75) is 32.3 Å². The summed E-state index contributed by atoms with van der Waals surface area (Å²) in [5, 5.41) is 5.31. The second kappa shape index (κ2) is 8.34. The third-order valence-electron chi connectivity index (χ3n) is 5.09. The van der Waals surface area contributed by atoms with Crippen LogP contribution in [0.25, 0.3) is 10.8 Å². The minimum Gasteiger partial charge on any atom is -0.481 e. The van der Waals surface area contributed by atoms with E-state index < -0.39 is 6.10 Å². The number of fused-ring (bicyclic) bond motifs is 1. The number of carbonyl (C=O) groups is 1. The van der Waals surface area contributed by atoms with Crippen molar-refractivity contribution >= 4 is 16.7 Å². The van der Waals surface area contributed by atoms with E-state index in [9.17, 15) is 4.79 Å². The smallest absolute Gasteiger partial charge is 0.260 e. The van der Waals surface area contributed by atoms with Gasteiger partial charge in [-0.2, -0.15) is 0 Å². The van der Waals surface area contributed by atoms with Gasteiger partial charge < -0.3 is 15.0 Å². The van der Waals surface area contributed by atoms with Crippen LogP contribution in [0.2, 0.25) is 0 Å². The van der Waals surface area contributed by atoms with Gasteiger partial charge in [-0.15, -0.1) is 0 Å². The Morgan fingerprint density at radius 1 is 1.20 bits per heavy atom. The molecule has 3 rings (SSSR count). The summed E-state index contributed by atoms with van der Waals surface area (Å²) in [7, 11) is 2.17. The van der Waals surface area contributed by atoms with E-state index in [0.29, 0.717) is 0 Å². The summed E-state index contributed by atoms with van der Waals surface area (Å²) >= 11 is 0. The lowest BCUT2D eigenvalue weighted by molar-refractivity contribution is -0.127. The van der Waals surface area contributed by atoms with Gasteiger partial charge in [0.2, 0.25) is 0 Å². The predicted octanol–water partition coefficient (Wildman–Crippen LogP) is 3.46. The molecule has 1 amide bonds. The van der Waals surface area contributed by atoms with E-state index in [1.165, 1.54) is 31.3 Å². The second-order valence-corrected chi connectivity index (χ2v) is 7.10. The monoisotopic (exact) mass is 340 g/mol. The molecule has 0 aromatic heterocycles. The quantitative estimate of drug-likeness (QED) is 0.876. The van der Waals surface area contributed by atoms with E-state index in [0.717, 1.165) is 30.0 Å². The predicted molar refractivity (Wildman–Crippen MR) is 102 cm³/mol. The number of benzene rings is 2. The average Bonchev–Trinajstić information content (AvgIpc) is 2.63. The molecular weight excluding hydrogens is 312 g/mol. The Labute approximate surface area is 150 Å². The number of piperidine rings is 1. The topological polar surface area (TPSA) is 41.6 Å². The molecule has 1 heterocycles. The molecule has 1 aliphatic rings. The van der Waals surface area contributed by atoms with E-state index in [4.69, 9.17) is 4.74 Å². The van der Waals surface area contributed by atoms with E-state index in [1.807, 2.05) is 30.3 Å². The molecule has 4 nitrogen and oxygen atoms in total. The zero-order chi connectivity index (χ0) is 17.6. The van der Waals surface area contributed by atoms with Crippen LogP contribution in [0.5, 0.6) is 5.75 Å². The van der Waals surface area contributed by atoms with Crippen molar-refractivity contribution in [1.29, 1.82) is 0 Å². The Morgan fingerprint density at radius 2 is 1.92 bits per heavy atom. The summed E-state index contributed by atoms with van der Waals surface area (Å²) in [6.07, 6.45) is 3.03. The molecule has 2 aromatic rings. The highest BCUT2D eigenvalue weighted by Crippen LogP contribution is 2.22. The SMILES string of the molecule is C[C@H](Oc1ccc2ccccc2c1)C(=O)NCCC1CCN(C)CC1. The molecule has 1 fully saturated rings. The van der Waals surface area contributed by atoms with Gasteiger partial charge in [-0.3, -0.25) is 4.79 Å².